The number of ether oxygens (including phenoxy) is 1. The van der Waals surface area contributed by atoms with Gasteiger partial charge in [0.1, 0.15) is 11.8 Å². The Labute approximate surface area is 111 Å². The van der Waals surface area contributed by atoms with Crippen molar-refractivity contribution < 1.29 is 14.3 Å². The maximum atomic E-state index is 12.3. The molecule has 2 aliphatic rings. The fraction of sp³-hybridized carbons (Fsp3) is 0.429. The van der Waals surface area contributed by atoms with E-state index in [1.165, 1.54) is 4.90 Å². The molecule has 2 heterocycles. The molecule has 1 aromatic carbocycles. The number of imide groups is 1. The number of rotatable bonds is 2. The zero-order valence-electron chi connectivity index (χ0n) is 10.8. The van der Waals surface area contributed by atoms with E-state index in [9.17, 15) is 9.59 Å². The van der Waals surface area contributed by atoms with Crippen molar-refractivity contribution in [3.8, 4) is 5.75 Å². The van der Waals surface area contributed by atoms with Gasteiger partial charge in [-0.3, -0.25) is 4.79 Å². The lowest BCUT2D eigenvalue weighted by atomic mass is 10.0. The van der Waals surface area contributed by atoms with Gasteiger partial charge in [0.15, 0.2) is 0 Å². The van der Waals surface area contributed by atoms with Crippen LogP contribution in [0.5, 0.6) is 5.75 Å². The second kappa shape index (κ2) is 4.57. The molecule has 0 aliphatic carbocycles. The van der Waals surface area contributed by atoms with Crippen molar-refractivity contribution >= 4 is 17.6 Å². The Bertz CT molecular complexity index is 488. The van der Waals surface area contributed by atoms with Crippen molar-refractivity contribution in [2.75, 3.05) is 18.6 Å². The van der Waals surface area contributed by atoms with E-state index < -0.39 is 0 Å². The molecule has 0 saturated carbocycles. The lowest BCUT2D eigenvalue weighted by molar-refractivity contribution is -0.120. The van der Waals surface area contributed by atoms with Crippen LogP contribution in [0.25, 0.3) is 0 Å². The molecule has 2 aliphatic heterocycles. The highest BCUT2D eigenvalue weighted by molar-refractivity contribution is 6.21. The fourth-order valence-electron chi connectivity index (χ4n) is 2.76. The summed E-state index contributed by atoms with van der Waals surface area (Å²) in [5, 5.41) is 0. The highest BCUT2D eigenvalue weighted by Crippen LogP contribution is 2.31. The molecule has 1 atom stereocenters. The molecule has 3 rings (SSSR count). The summed E-state index contributed by atoms with van der Waals surface area (Å²) < 4.78 is 5.08. The second-order valence-corrected chi connectivity index (χ2v) is 4.86. The maximum Gasteiger partial charge on any atom is 0.332 e. The third kappa shape index (κ3) is 1.85. The van der Waals surface area contributed by atoms with Gasteiger partial charge < -0.3 is 9.64 Å². The number of urea groups is 1. The van der Waals surface area contributed by atoms with E-state index in [-0.39, 0.29) is 18.0 Å². The van der Waals surface area contributed by atoms with Gasteiger partial charge in [-0.25, -0.2) is 9.69 Å². The van der Waals surface area contributed by atoms with Crippen molar-refractivity contribution in [3.63, 3.8) is 0 Å². The first kappa shape index (κ1) is 12.0. The molecule has 5 nitrogen and oxygen atoms in total. The third-order valence-corrected chi connectivity index (χ3v) is 3.78. The Balaban J connectivity index is 1.91. The SMILES string of the molecule is COc1ccc(N2C(=O)C3CCCCN3C2=O)cc1. The standard InChI is InChI=1S/C14H16N2O3/c1-19-11-7-5-10(6-8-11)16-13(17)12-4-2-3-9-15(12)14(16)18/h5-8,12H,2-4,9H2,1H3. The minimum absolute atomic E-state index is 0.102. The van der Waals surface area contributed by atoms with Crippen molar-refractivity contribution in [3.05, 3.63) is 24.3 Å². The number of amides is 3. The van der Waals surface area contributed by atoms with Crippen molar-refractivity contribution in [1.29, 1.82) is 0 Å². The van der Waals surface area contributed by atoms with Gasteiger partial charge in [0, 0.05) is 6.54 Å². The van der Waals surface area contributed by atoms with Crippen LogP contribution in [-0.4, -0.2) is 36.5 Å². The fourth-order valence-corrected chi connectivity index (χ4v) is 2.76. The molecule has 5 heteroatoms. The second-order valence-electron chi connectivity index (χ2n) is 4.86. The molecule has 19 heavy (non-hydrogen) atoms. The molecule has 2 saturated heterocycles. The molecule has 0 aromatic heterocycles. The summed E-state index contributed by atoms with van der Waals surface area (Å²) in [7, 11) is 1.58. The Morgan fingerprint density at radius 3 is 2.53 bits per heavy atom. The number of carbonyl (C=O) groups excluding carboxylic acids is 2. The molecule has 2 fully saturated rings. The van der Waals surface area contributed by atoms with Crippen LogP contribution in [0.15, 0.2) is 24.3 Å². The first-order chi connectivity index (χ1) is 9.22. The summed E-state index contributed by atoms with van der Waals surface area (Å²) in [5.74, 6) is 0.607. The summed E-state index contributed by atoms with van der Waals surface area (Å²) in [5.41, 5.74) is 0.616. The van der Waals surface area contributed by atoms with Crippen LogP contribution in [0.4, 0.5) is 10.5 Å². The Morgan fingerprint density at radius 1 is 1.16 bits per heavy atom. The smallest absolute Gasteiger partial charge is 0.332 e. The number of carbonyl (C=O) groups is 2. The summed E-state index contributed by atoms with van der Waals surface area (Å²) in [6, 6.07) is 6.55. The predicted molar refractivity (Wildman–Crippen MR) is 70.2 cm³/mol. The third-order valence-electron chi connectivity index (χ3n) is 3.78. The van der Waals surface area contributed by atoms with Gasteiger partial charge >= 0.3 is 6.03 Å². The molecule has 1 unspecified atom stereocenters. The average molecular weight is 260 g/mol. The van der Waals surface area contributed by atoms with E-state index >= 15 is 0 Å². The van der Waals surface area contributed by atoms with Crippen LogP contribution in [0.1, 0.15) is 19.3 Å². The number of benzene rings is 1. The van der Waals surface area contributed by atoms with Crippen molar-refractivity contribution in [2.45, 2.75) is 25.3 Å². The van der Waals surface area contributed by atoms with Gasteiger partial charge in [-0.2, -0.15) is 0 Å². The van der Waals surface area contributed by atoms with Gasteiger partial charge in [-0.1, -0.05) is 0 Å². The van der Waals surface area contributed by atoms with Crippen LogP contribution in [-0.2, 0) is 4.79 Å². The Kier molecular flexibility index (Phi) is 2.89. The van der Waals surface area contributed by atoms with E-state index in [2.05, 4.69) is 0 Å². The zero-order chi connectivity index (χ0) is 13.4. The van der Waals surface area contributed by atoms with Crippen LogP contribution in [0.3, 0.4) is 0 Å². The average Bonchev–Trinajstić information content (AvgIpc) is 2.72. The van der Waals surface area contributed by atoms with E-state index in [0.717, 1.165) is 19.3 Å². The molecule has 100 valence electrons. The molecule has 3 amide bonds. The monoisotopic (exact) mass is 260 g/mol. The lowest BCUT2D eigenvalue weighted by Gasteiger charge is -2.25. The lowest BCUT2D eigenvalue weighted by Crippen LogP contribution is -2.39. The van der Waals surface area contributed by atoms with Gasteiger partial charge in [-0.05, 0) is 43.5 Å². The molecule has 1 aromatic rings. The molecule has 0 bridgehead atoms. The first-order valence-corrected chi connectivity index (χ1v) is 6.51. The largest absolute Gasteiger partial charge is 0.497 e. The number of nitrogens with zero attached hydrogens (tertiary/aromatic N) is 2. The summed E-state index contributed by atoms with van der Waals surface area (Å²) in [6.07, 6.45) is 2.76. The summed E-state index contributed by atoms with van der Waals surface area (Å²) in [6.45, 7) is 0.682. The number of fused-ring (bicyclic) bond motifs is 1. The number of anilines is 1. The predicted octanol–water partition coefficient (Wildman–Crippen LogP) is 2.02. The topological polar surface area (TPSA) is 49.9 Å². The molecule has 0 spiro atoms. The Morgan fingerprint density at radius 2 is 1.89 bits per heavy atom. The summed E-state index contributed by atoms with van der Waals surface area (Å²) >= 11 is 0. The van der Waals surface area contributed by atoms with Crippen LogP contribution in [0.2, 0.25) is 0 Å². The van der Waals surface area contributed by atoms with Gasteiger partial charge in [0.25, 0.3) is 5.91 Å². The van der Waals surface area contributed by atoms with E-state index in [0.29, 0.717) is 18.0 Å². The maximum absolute atomic E-state index is 12.3. The first-order valence-electron chi connectivity index (χ1n) is 6.51. The minimum atomic E-state index is -0.261. The van der Waals surface area contributed by atoms with Crippen LogP contribution < -0.4 is 9.64 Å². The molecular weight excluding hydrogens is 244 g/mol. The number of hydrogen-bond donors (Lipinski definition) is 0. The van der Waals surface area contributed by atoms with Crippen LogP contribution in [0, 0.1) is 0 Å². The summed E-state index contributed by atoms with van der Waals surface area (Å²) in [4.78, 5) is 27.6. The van der Waals surface area contributed by atoms with Gasteiger partial charge in [0.05, 0.1) is 12.8 Å². The van der Waals surface area contributed by atoms with E-state index in [4.69, 9.17) is 4.74 Å². The molecule has 0 radical (unpaired) electrons. The quantitative estimate of drug-likeness (QED) is 0.764. The van der Waals surface area contributed by atoms with E-state index in [1.807, 2.05) is 0 Å². The minimum Gasteiger partial charge on any atom is -0.497 e. The Hall–Kier alpha value is -2.04. The van der Waals surface area contributed by atoms with Crippen LogP contribution >= 0.6 is 0 Å². The van der Waals surface area contributed by atoms with Crippen molar-refractivity contribution in [2.24, 2.45) is 0 Å². The number of piperidine rings is 1. The number of hydrogen-bond acceptors (Lipinski definition) is 3. The highest BCUT2D eigenvalue weighted by atomic mass is 16.5. The molecular formula is C14H16N2O3. The molecule has 0 N–H and O–H groups in total. The normalized spacial score (nSPS) is 22.7. The van der Waals surface area contributed by atoms with E-state index in [1.54, 1.807) is 36.3 Å². The van der Waals surface area contributed by atoms with Crippen molar-refractivity contribution in [1.82, 2.24) is 4.90 Å². The van der Waals surface area contributed by atoms with Gasteiger partial charge in [-0.15, -0.1) is 0 Å². The zero-order valence-corrected chi connectivity index (χ0v) is 10.8. The van der Waals surface area contributed by atoms with Gasteiger partial charge in [0.2, 0.25) is 0 Å². The highest BCUT2D eigenvalue weighted by Gasteiger charge is 2.46. The number of methoxy groups -OCH3 is 1.